The lowest BCUT2D eigenvalue weighted by molar-refractivity contribution is -0.119. The molecule has 184 valence electrons. The number of hydrogen-bond acceptors (Lipinski definition) is 4. The summed E-state index contributed by atoms with van der Waals surface area (Å²) in [6.45, 7) is -0.393. The molecule has 4 aromatic rings. The maximum Gasteiger partial charge on any atom is 0.251 e. The molecule has 0 bridgehead atoms. The smallest absolute Gasteiger partial charge is 0.251 e. The highest BCUT2D eigenvalue weighted by Crippen LogP contribution is 2.34. The Kier molecular flexibility index (Phi) is 5.78. The Labute approximate surface area is 219 Å². The van der Waals surface area contributed by atoms with Gasteiger partial charge in [-0.05, 0) is 46.2 Å². The lowest BCUT2D eigenvalue weighted by atomic mass is 9.98. The van der Waals surface area contributed by atoms with E-state index in [9.17, 15) is 14.7 Å². The van der Waals surface area contributed by atoms with Gasteiger partial charge in [0.2, 0.25) is 5.91 Å². The number of amides is 2. The van der Waals surface area contributed by atoms with Crippen LogP contribution in [-0.4, -0.2) is 42.5 Å². The Bertz CT molecular complexity index is 1610. The number of benzodiazepines with no additional fused rings is 1. The van der Waals surface area contributed by atoms with E-state index in [0.29, 0.717) is 28.5 Å². The van der Waals surface area contributed by atoms with Crippen LogP contribution in [0.3, 0.4) is 0 Å². The van der Waals surface area contributed by atoms with Crippen LogP contribution in [0.2, 0.25) is 5.02 Å². The molecule has 2 aliphatic heterocycles. The van der Waals surface area contributed by atoms with Gasteiger partial charge in [0, 0.05) is 29.6 Å². The van der Waals surface area contributed by atoms with Gasteiger partial charge in [-0.25, -0.2) is 0 Å². The van der Waals surface area contributed by atoms with Gasteiger partial charge in [0.05, 0.1) is 23.5 Å². The van der Waals surface area contributed by atoms with Crippen LogP contribution < -0.4 is 9.80 Å². The van der Waals surface area contributed by atoms with Crippen LogP contribution >= 0.6 is 11.6 Å². The first-order valence-corrected chi connectivity index (χ1v) is 12.5. The third-order valence-corrected chi connectivity index (χ3v) is 7.39. The van der Waals surface area contributed by atoms with Crippen molar-refractivity contribution in [2.75, 3.05) is 23.6 Å². The number of carbonyl (C=O) groups excluding carboxylic acids is 2. The molecule has 1 atom stereocenters. The number of rotatable bonds is 4. The highest BCUT2D eigenvalue weighted by molar-refractivity contribution is 6.32. The summed E-state index contributed by atoms with van der Waals surface area (Å²) in [4.78, 5) is 34.1. The van der Waals surface area contributed by atoms with E-state index in [1.165, 1.54) is 4.90 Å². The molecule has 7 heteroatoms. The average Bonchev–Trinajstić information content (AvgIpc) is 3.19. The van der Waals surface area contributed by atoms with Crippen LogP contribution in [0.1, 0.15) is 22.3 Å². The first-order valence-electron chi connectivity index (χ1n) is 12.1. The van der Waals surface area contributed by atoms with Crippen molar-refractivity contribution in [2.24, 2.45) is 4.99 Å². The number of benzene rings is 4. The van der Waals surface area contributed by atoms with Crippen molar-refractivity contribution in [3.8, 4) is 0 Å². The van der Waals surface area contributed by atoms with Crippen molar-refractivity contribution in [1.82, 2.24) is 0 Å². The van der Waals surface area contributed by atoms with Gasteiger partial charge in [-0.2, -0.15) is 0 Å². The Morgan fingerprint density at radius 3 is 2.57 bits per heavy atom. The standard InChI is InChI=1S/C30H24ClN3O3/c1-33-26-11-10-23(31)16-24(26)29(22-9-8-21-15-28(36)34(17-35)27(21)14-22)32-25(30(33)37)13-18-6-7-19-4-2-3-5-20(19)12-18/h2-12,14,16,25,35H,13,15,17H2,1H3. The molecule has 6 nitrogen and oxygen atoms in total. The summed E-state index contributed by atoms with van der Waals surface area (Å²) < 4.78 is 0. The molecular weight excluding hydrogens is 486 g/mol. The monoisotopic (exact) mass is 509 g/mol. The highest BCUT2D eigenvalue weighted by atomic mass is 35.5. The molecule has 1 N–H and O–H groups in total. The number of likely N-dealkylation sites (N-methyl/N-ethyl adjacent to an activating group) is 1. The second-order valence-corrected chi connectivity index (χ2v) is 9.86. The largest absolute Gasteiger partial charge is 0.376 e. The summed E-state index contributed by atoms with van der Waals surface area (Å²) in [5, 5.41) is 12.6. The van der Waals surface area contributed by atoms with E-state index in [1.54, 1.807) is 18.0 Å². The number of aliphatic hydroxyl groups is 1. The van der Waals surface area contributed by atoms with Gasteiger partial charge in [0.25, 0.3) is 5.91 Å². The summed E-state index contributed by atoms with van der Waals surface area (Å²) in [5.74, 6) is -0.259. The van der Waals surface area contributed by atoms with E-state index < -0.39 is 12.8 Å². The fourth-order valence-corrected chi connectivity index (χ4v) is 5.40. The minimum atomic E-state index is -0.656. The van der Waals surface area contributed by atoms with Crippen molar-refractivity contribution in [3.05, 3.63) is 106 Å². The van der Waals surface area contributed by atoms with E-state index in [1.807, 2.05) is 48.5 Å². The number of halogens is 1. The number of hydrogen-bond donors (Lipinski definition) is 1. The molecule has 0 aromatic heterocycles. The first kappa shape index (κ1) is 23.4. The van der Waals surface area contributed by atoms with Crippen LogP contribution in [0.25, 0.3) is 10.8 Å². The van der Waals surface area contributed by atoms with Crippen LogP contribution in [0, 0.1) is 0 Å². The molecule has 6 rings (SSSR count). The van der Waals surface area contributed by atoms with E-state index in [2.05, 4.69) is 24.3 Å². The van der Waals surface area contributed by atoms with Gasteiger partial charge in [-0.1, -0.05) is 66.2 Å². The average molecular weight is 510 g/mol. The normalized spacial score (nSPS) is 17.1. The molecule has 0 aliphatic carbocycles. The van der Waals surface area contributed by atoms with Crippen LogP contribution in [0.5, 0.6) is 0 Å². The third kappa shape index (κ3) is 4.08. The first-order chi connectivity index (χ1) is 17.9. The maximum atomic E-state index is 13.7. The highest BCUT2D eigenvalue weighted by Gasteiger charge is 2.32. The van der Waals surface area contributed by atoms with Gasteiger partial charge >= 0.3 is 0 Å². The molecule has 37 heavy (non-hydrogen) atoms. The van der Waals surface area contributed by atoms with Crippen LogP contribution in [-0.2, 0) is 22.4 Å². The Hall–Kier alpha value is -4.00. The number of aliphatic imine (C=N–C) groups is 1. The number of anilines is 2. The zero-order valence-electron chi connectivity index (χ0n) is 20.2. The van der Waals surface area contributed by atoms with Gasteiger partial charge in [0.15, 0.2) is 0 Å². The van der Waals surface area contributed by atoms with E-state index >= 15 is 0 Å². The molecule has 0 spiro atoms. The van der Waals surface area contributed by atoms with Gasteiger partial charge in [0.1, 0.15) is 12.8 Å². The summed E-state index contributed by atoms with van der Waals surface area (Å²) >= 11 is 6.40. The maximum absolute atomic E-state index is 13.7. The summed E-state index contributed by atoms with van der Waals surface area (Å²) in [6.07, 6.45) is 0.683. The minimum absolute atomic E-state index is 0.111. The van der Waals surface area contributed by atoms with Crippen molar-refractivity contribution in [3.63, 3.8) is 0 Å². The van der Waals surface area contributed by atoms with E-state index in [-0.39, 0.29) is 18.2 Å². The fourth-order valence-electron chi connectivity index (χ4n) is 5.22. The minimum Gasteiger partial charge on any atom is -0.376 e. The molecular formula is C30H24ClN3O3. The van der Waals surface area contributed by atoms with Crippen molar-refractivity contribution < 1.29 is 14.7 Å². The number of aliphatic hydroxyl groups excluding tert-OH is 1. The topological polar surface area (TPSA) is 73.2 Å². The molecule has 4 aromatic carbocycles. The summed E-state index contributed by atoms with van der Waals surface area (Å²) in [5.41, 5.74) is 5.36. The molecule has 2 heterocycles. The zero-order valence-corrected chi connectivity index (χ0v) is 20.9. The molecule has 0 saturated heterocycles. The molecule has 2 aliphatic rings. The van der Waals surface area contributed by atoms with Gasteiger partial charge < -0.3 is 10.0 Å². The molecule has 0 fully saturated rings. The molecule has 2 amide bonds. The SMILES string of the molecule is CN1C(=O)C(Cc2ccc3ccccc3c2)N=C(c2ccc3c(c2)N(CO)C(=O)C3)c2cc(Cl)ccc21. The van der Waals surface area contributed by atoms with Crippen molar-refractivity contribution >= 4 is 51.3 Å². The Balaban J connectivity index is 1.49. The molecule has 1 unspecified atom stereocenters. The number of carbonyl (C=O) groups is 2. The third-order valence-electron chi connectivity index (χ3n) is 7.15. The lowest BCUT2D eigenvalue weighted by Crippen LogP contribution is -2.36. The predicted molar refractivity (Wildman–Crippen MR) is 147 cm³/mol. The fraction of sp³-hybridized carbons (Fsp3) is 0.167. The quantitative estimate of drug-likeness (QED) is 0.431. The van der Waals surface area contributed by atoms with Crippen LogP contribution in [0.4, 0.5) is 11.4 Å². The Morgan fingerprint density at radius 1 is 0.946 bits per heavy atom. The predicted octanol–water partition coefficient (Wildman–Crippen LogP) is 4.76. The van der Waals surface area contributed by atoms with Crippen molar-refractivity contribution in [2.45, 2.75) is 18.9 Å². The van der Waals surface area contributed by atoms with Crippen molar-refractivity contribution in [1.29, 1.82) is 0 Å². The van der Waals surface area contributed by atoms with Crippen LogP contribution in [0.15, 0.2) is 83.9 Å². The van der Waals surface area contributed by atoms with Gasteiger partial charge in [-0.15, -0.1) is 0 Å². The molecule has 0 radical (unpaired) electrons. The summed E-state index contributed by atoms with van der Waals surface area (Å²) in [7, 11) is 1.76. The zero-order chi connectivity index (χ0) is 25.7. The Morgan fingerprint density at radius 2 is 1.76 bits per heavy atom. The second-order valence-electron chi connectivity index (χ2n) is 9.42. The number of nitrogens with zero attached hydrogens (tertiary/aromatic N) is 3. The second kappa shape index (κ2) is 9.14. The lowest BCUT2D eigenvalue weighted by Gasteiger charge is -2.21. The van der Waals surface area contributed by atoms with E-state index in [0.717, 1.165) is 33.0 Å². The van der Waals surface area contributed by atoms with Gasteiger partial charge in [-0.3, -0.25) is 19.5 Å². The number of fused-ring (bicyclic) bond motifs is 3. The molecule has 0 saturated carbocycles. The summed E-state index contributed by atoms with van der Waals surface area (Å²) in [6, 6.07) is 24.8. The van der Waals surface area contributed by atoms with E-state index in [4.69, 9.17) is 16.6 Å².